The number of nitrogens with zero attached hydrogens (tertiary/aromatic N) is 3. The van der Waals surface area contributed by atoms with Crippen molar-refractivity contribution in [2.45, 2.75) is 24.4 Å². The number of benzene rings is 2. The van der Waals surface area contributed by atoms with Gasteiger partial charge in [0.2, 0.25) is 11.1 Å². The molecule has 0 spiro atoms. The highest BCUT2D eigenvalue weighted by Gasteiger charge is 2.14. The van der Waals surface area contributed by atoms with Crippen LogP contribution in [-0.4, -0.2) is 31.8 Å². The van der Waals surface area contributed by atoms with Crippen LogP contribution in [0.2, 0.25) is 0 Å². The highest BCUT2D eigenvalue weighted by atomic mass is 32.2. The first-order valence-corrected chi connectivity index (χ1v) is 10.0. The van der Waals surface area contributed by atoms with Gasteiger partial charge in [0.05, 0.1) is 5.75 Å². The minimum atomic E-state index is -0.336. The molecule has 2 N–H and O–H groups in total. The number of thioether (sulfide) groups is 1. The van der Waals surface area contributed by atoms with Crippen LogP contribution in [0.4, 0.5) is 10.1 Å². The van der Waals surface area contributed by atoms with E-state index in [0.717, 1.165) is 24.0 Å². The molecule has 0 unspecified atom stereocenters. The molecule has 28 heavy (non-hydrogen) atoms. The van der Waals surface area contributed by atoms with Crippen LogP contribution in [0.3, 0.4) is 0 Å². The van der Waals surface area contributed by atoms with E-state index >= 15 is 0 Å². The Labute approximate surface area is 164 Å². The maximum atomic E-state index is 13.5. The smallest absolute Gasteiger partial charge is 0.234 e. The summed E-state index contributed by atoms with van der Waals surface area (Å²) >= 11 is 1.21. The minimum Gasteiger partial charge on any atom is -0.338 e. The van der Waals surface area contributed by atoms with Gasteiger partial charge >= 0.3 is 0 Å². The molecule has 0 radical (unpaired) electrons. The Kier molecular flexibility index (Phi) is 4.20. The van der Waals surface area contributed by atoms with Crippen LogP contribution in [0.1, 0.15) is 17.5 Å². The van der Waals surface area contributed by atoms with Gasteiger partial charge in [-0.25, -0.2) is 9.37 Å². The van der Waals surface area contributed by atoms with Crippen LogP contribution in [0.5, 0.6) is 0 Å². The Bertz CT molecular complexity index is 1220. The molecule has 5 rings (SSSR count). The topological polar surface area (TPSA) is 83.6 Å². The predicted molar refractivity (Wildman–Crippen MR) is 107 cm³/mol. The number of aromatic nitrogens is 4. The number of anilines is 1. The summed E-state index contributed by atoms with van der Waals surface area (Å²) in [5, 5.41) is 12.2. The van der Waals surface area contributed by atoms with Gasteiger partial charge in [-0.3, -0.25) is 4.79 Å². The van der Waals surface area contributed by atoms with Crippen LogP contribution < -0.4 is 5.32 Å². The Morgan fingerprint density at radius 2 is 2.04 bits per heavy atom. The van der Waals surface area contributed by atoms with Crippen molar-refractivity contribution in [1.82, 2.24) is 20.2 Å². The van der Waals surface area contributed by atoms with E-state index in [1.165, 1.54) is 41.4 Å². The standard InChI is InChI=1S/C20H16FN5OS/c21-13-5-7-16-15(9-13)18-19(23-16)24-20(26-25-18)28-10-17(27)22-14-6-4-11-2-1-3-12(11)8-14/h4-9H,1-3,10H2,(H,22,27)(H,23,24,26). The third-order valence-electron chi connectivity index (χ3n) is 4.87. The fourth-order valence-corrected chi connectivity index (χ4v) is 4.15. The van der Waals surface area contributed by atoms with Crippen LogP contribution in [-0.2, 0) is 17.6 Å². The molecular weight excluding hydrogens is 377 g/mol. The maximum absolute atomic E-state index is 13.5. The van der Waals surface area contributed by atoms with Gasteiger partial charge < -0.3 is 10.3 Å². The number of fused-ring (bicyclic) bond motifs is 4. The molecule has 0 saturated carbocycles. The average Bonchev–Trinajstić information content (AvgIpc) is 3.29. The van der Waals surface area contributed by atoms with Crippen molar-refractivity contribution in [3.63, 3.8) is 0 Å². The monoisotopic (exact) mass is 393 g/mol. The molecule has 2 heterocycles. The third-order valence-corrected chi connectivity index (χ3v) is 5.71. The molecular formula is C20H16FN5OS. The number of H-pyrrole nitrogens is 1. The number of rotatable bonds is 4. The summed E-state index contributed by atoms with van der Waals surface area (Å²) in [6.07, 6.45) is 3.37. The summed E-state index contributed by atoms with van der Waals surface area (Å²) in [5.74, 6) is -0.277. The molecule has 4 aromatic rings. The van der Waals surface area contributed by atoms with Gasteiger partial charge in [0.25, 0.3) is 0 Å². The number of hydrogen-bond acceptors (Lipinski definition) is 5. The molecule has 1 aliphatic rings. The summed E-state index contributed by atoms with van der Waals surface area (Å²) in [7, 11) is 0. The molecule has 0 fully saturated rings. The van der Waals surface area contributed by atoms with Gasteiger partial charge in [-0.1, -0.05) is 17.8 Å². The van der Waals surface area contributed by atoms with Crippen LogP contribution in [0, 0.1) is 5.82 Å². The first kappa shape index (κ1) is 17.1. The second-order valence-corrected chi connectivity index (χ2v) is 7.72. The van der Waals surface area contributed by atoms with E-state index < -0.39 is 0 Å². The summed E-state index contributed by atoms with van der Waals surface area (Å²) in [6, 6.07) is 10.5. The molecule has 1 amide bonds. The van der Waals surface area contributed by atoms with Gasteiger partial charge in [-0.05, 0) is 60.7 Å². The van der Waals surface area contributed by atoms with Crippen molar-refractivity contribution in [3.8, 4) is 0 Å². The lowest BCUT2D eigenvalue weighted by atomic mass is 10.1. The van der Waals surface area contributed by atoms with Crippen LogP contribution in [0.25, 0.3) is 22.1 Å². The van der Waals surface area contributed by atoms with E-state index in [4.69, 9.17) is 0 Å². The lowest BCUT2D eigenvalue weighted by Gasteiger charge is -2.07. The predicted octanol–water partition coefficient (Wildman–Crippen LogP) is 3.86. The molecule has 140 valence electrons. The largest absolute Gasteiger partial charge is 0.338 e. The molecule has 6 nitrogen and oxygen atoms in total. The van der Waals surface area contributed by atoms with Crippen molar-refractivity contribution >= 4 is 45.4 Å². The van der Waals surface area contributed by atoms with Gasteiger partial charge in [-0.15, -0.1) is 10.2 Å². The van der Waals surface area contributed by atoms with Crippen molar-refractivity contribution in [2.75, 3.05) is 11.1 Å². The zero-order valence-electron chi connectivity index (χ0n) is 14.8. The lowest BCUT2D eigenvalue weighted by Crippen LogP contribution is -2.14. The van der Waals surface area contributed by atoms with Gasteiger partial charge in [0.15, 0.2) is 5.65 Å². The number of aromatic amines is 1. The van der Waals surface area contributed by atoms with E-state index in [0.29, 0.717) is 21.7 Å². The Balaban J connectivity index is 1.28. The van der Waals surface area contributed by atoms with E-state index in [9.17, 15) is 9.18 Å². The number of carbonyl (C=O) groups excluding carboxylic acids is 1. The van der Waals surface area contributed by atoms with Crippen molar-refractivity contribution < 1.29 is 9.18 Å². The Hall–Kier alpha value is -3.00. The summed E-state index contributed by atoms with van der Waals surface area (Å²) in [4.78, 5) is 19.8. The molecule has 2 aromatic heterocycles. The van der Waals surface area contributed by atoms with E-state index in [2.05, 4.69) is 37.6 Å². The molecule has 2 aromatic carbocycles. The molecule has 8 heteroatoms. The zero-order valence-corrected chi connectivity index (χ0v) is 15.6. The molecule has 0 aliphatic heterocycles. The second kappa shape index (κ2) is 6.87. The highest BCUT2D eigenvalue weighted by molar-refractivity contribution is 7.99. The van der Waals surface area contributed by atoms with Crippen molar-refractivity contribution in [1.29, 1.82) is 0 Å². The van der Waals surface area contributed by atoms with E-state index in [1.807, 2.05) is 6.07 Å². The Morgan fingerprint density at radius 1 is 1.14 bits per heavy atom. The summed E-state index contributed by atoms with van der Waals surface area (Å²) in [6.45, 7) is 0. The number of carbonyl (C=O) groups is 1. The number of hydrogen-bond donors (Lipinski definition) is 2. The maximum Gasteiger partial charge on any atom is 0.234 e. The Morgan fingerprint density at radius 3 is 2.96 bits per heavy atom. The van der Waals surface area contributed by atoms with Crippen LogP contribution in [0.15, 0.2) is 41.6 Å². The molecule has 0 bridgehead atoms. The summed E-state index contributed by atoms with van der Waals surface area (Å²) < 4.78 is 13.5. The second-order valence-electron chi connectivity index (χ2n) is 6.78. The van der Waals surface area contributed by atoms with Gasteiger partial charge in [-0.2, -0.15) is 0 Å². The van der Waals surface area contributed by atoms with Crippen molar-refractivity contribution in [2.24, 2.45) is 0 Å². The number of amides is 1. The quantitative estimate of drug-likeness (QED) is 0.514. The number of halogens is 1. The number of nitrogens with one attached hydrogen (secondary N) is 2. The third kappa shape index (κ3) is 3.20. The SMILES string of the molecule is O=C(CSc1nnc2c(n1)[nH]c1ccc(F)cc12)Nc1ccc2c(c1)CCC2. The molecule has 0 saturated heterocycles. The normalized spacial score (nSPS) is 13.2. The minimum absolute atomic E-state index is 0.120. The fourth-order valence-electron chi connectivity index (χ4n) is 3.57. The summed E-state index contributed by atoms with van der Waals surface area (Å²) in [5.41, 5.74) is 5.30. The van der Waals surface area contributed by atoms with Crippen LogP contribution >= 0.6 is 11.8 Å². The molecule has 1 aliphatic carbocycles. The highest BCUT2D eigenvalue weighted by Crippen LogP contribution is 2.26. The van der Waals surface area contributed by atoms with E-state index in [1.54, 1.807) is 6.07 Å². The van der Waals surface area contributed by atoms with Gasteiger partial charge in [0.1, 0.15) is 11.3 Å². The average molecular weight is 393 g/mol. The van der Waals surface area contributed by atoms with Crippen molar-refractivity contribution in [3.05, 3.63) is 53.3 Å². The molecule has 0 atom stereocenters. The lowest BCUT2D eigenvalue weighted by molar-refractivity contribution is -0.113. The first-order chi connectivity index (χ1) is 13.7. The zero-order chi connectivity index (χ0) is 19.1. The number of aryl methyl sites for hydroxylation is 2. The van der Waals surface area contributed by atoms with E-state index in [-0.39, 0.29) is 17.5 Å². The fraction of sp³-hybridized carbons (Fsp3) is 0.200. The van der Waals surface area contributed by atoms with Gasteiger partial charge in [0, 0.05) is 16.6 Å². The first-order valence-electron chi connectivity index (χ1n) is 9.02.